The molecule has 0 heterocycles. The Labute approximate surface area is 125 Å². The van der Waals surface area contributed by atoms with E-state index in [2.05, 4.69) is 17.2 Å². The minimum Gasteiger partial charge on any atom is -0.384 e. The highest BCUT2D eigenvalue weighted by atomic mass is 16.2. The smallest absolute Gasteiger partial charge is 0.251 e. The number of amides is 2. The lowest BCUT2D eigenvalue weighted by atomic mass is 10.1. The van der Waals surface area contributed by atoms with Crippen LogP contribution in [-0.2, 0) is 4.79 Å². The summed E-state index contributed by atoms with van der Waals surface area (Å²) in [5, 5.41) is 11.3. The van der Waals surface area contributed by atoms with Crippen molar-refractivity contribution in [1.29, 1.82) is 0 Å². The SMILES string of the molecule is CCN(C)C(=O)C(C)NC(=O)c1ccc(C#CCO)cc1. The zero-order valence-electron chi connectivity index (χ0n) is 12.5. The normalized spacial score (nSPS) is 11.0. The van der Waals surface area contributed by atoms with Crippen molar-refractivity contribution in [2.24, 2.45) is 0 Å². The van der Waals surface area contributed by atoms with E-state index in [9.17, 15) is 9.59 Å². The molecule has 5 heteroatoms. The molecule has 0 aromatic heterocycles. The van der Waals surface area contributed by atoms with Gasteiger partial charge in [-0.05, 0) is 38.1 Å². The van der Waals surface area contributed by atoms with Crippen molar-refractivity contribution < 1.29 is 14.7 Å². The fourth-order valence-electron chi connectivity index (χ4n) is 1.67. The lowest BCUT2D eigenvalue weighted by Gasteiger charge is -2.20. The summed E-state index contributed by atoms with van der Waals surface area (Å²) in [6.07, 6.45) is 0. The standard InChI is InChI=1S/C16H20N2O3/c1-4-18(3)16(21)12(2)17-15(20)14-9-7-13(8-10-14)6-5-11-19/h7-10,12,19H,4,11H2,1-3H3,(H,17,20). The third-order valence-electron chi connectivity index (χ3n) is 3.03. The van der Waals surface area contributed by atoms with Crippen molar-refractivity contribution in [2.75, 3.05) is 20.2 Å². The number of benzene rings is 1. The van der Waals surface area contributed by atoms with E-state index in [1.54, 1.807) is 43.1 Å². The summed E-state index contributed by atoms with van der Waals surface area (Å²) in [7, 11) is 1.69. The van der Waals surface area contributed by atoms with Gasteiger partial charge in [-0.2, -0.15) is 0 Å². The number of nitrogens with zero attached hydrogens (tertiary/aromatic N) is 1. The molecule has 0 fully saturated rings. The fourth-order valence-corrected chi connectivity index (χ4v) is 1.67. The predicted octanol–water partition coefficient (Wildman–Crippen LogP) is 0.627. The van der Waals surface area contributed by atoms with Crippen molar-refractivity contribution in [1.82, 2.24) is 10.2 Å². The lowest BCUT2D eigenvalue weighted by molar-refractivity contribution is -0.131. The Bertz CT molecular complexity index is 555. The Kier molecular flexibility index (Phi) is 6.44. The van der Waals surface area contributed by atoms with Crippen LogP contribution in [0.1, 0.15) is 29.8 Å². The first-order valence-electron chi connectivity index (χ1n) is 6.75. The molecule has 2 N–H and O–H groups in total. The molecule has 0 spiro atoms. The minimum absolute atomic E-state index is 0.128. The van der Waals surface area contributed by atoms with Crippen LogP contribution in [-0.4, -0.2) is 48.1 Å². The molecule has 21 heavy (non-hydrogen) atoms. The number of rotatable bonds is 4. The molecule has 5 nitrogen and oxygen atoms in total. The van der Waals surface area contributed by atoms with Crippen LogP contribution in [0.2, 0.25) is 0 Å². The molecule has 0 bridgehead atoms. The minimum atomic E-state index is -0.573. The third-order valence-corrected chi connectivity index (χ3v) is 3.03. The second kappa shape index (κ2) is 8.08. The number of nitrogens with one attached hydrogen (secondary N) is 1. The number of aliphatic hydroxyl groups is 1. The Morgan fingerprint density at radius 3 is 2.48 bits per heavy atom. The van der Waals surface area contributed by atoms with Crippen LogP contribution in [0.25, 0.3) is 0 Å². The van der Waals surface area contributed by atoms with Crippen molar-refractivity contribution in [2.45, 2.75) is 19.9 Å². The van der Waals surface area contributed by atoms with Gasteiger partial charge in [-0.25, -0.2) is 0 Å². The first-order valence-corrected chi connectivity index (χ1v) is 6.75. The average molecular weight is 288 g/mol. The van der Waals surface area contributed by atoms with Crippen LogP contribution in [0, 0.1) is 11.8 Å². The van der Waals surface area contributed by atoms with E-state index in [0.717, 1.165) is 5.56 Å². The van der Waals surface area contributed by atoms with Crippen molar-refractivity contribution in [3.63, 3.8) is 0 Å². The highest BCUT2D eigenvalue weighted by Crippen LogP contribution is 2.04. The van der Waals surface area contributed by atoms with Crippen LogP contribution in [0.4, 0.5) is 0 Å². The molecule has 0 aliphatic carbocycles. The molecule has 1 aromatic carbocycles. The average Bonchev–Trinajstić information content (AvgIpc) is 2.51. The van der Waals surface area contributed by atoms with Crippen LogP contribution >= 0.6 is 0 Å². The van der Waals surface area contributed by atoms with E-state index in [1.165, 1.54) is 0 Å². The second-order valence-electron chi connectivity index (χ2n) is 4.58. The van der Waals surface area contributed by atoms with Gasteiger partial charge >= 0.3 is 0 Å². The molecular formula is C16H20N2O3. The van der Waals surface area contributed by atoms with Gasteiger partial charge in [0, 0.05) is 24.7 Å². The van der Waals surface area contributed by atoms with E-state index < -0.39 is 6.04 Å². The summed E-state index contributed by atoms with van der Waals surface area (Å²) in [5.41, 5.74) is 1.18. The molecular weight excluding hydrogens is 268 g/mol. The van der Waals surface area contributed by atoms with E-state index in [-0.39, 0.29) is 18.4 Å². The van der Waals surface area contributed by atoms with Crippen molar-refractivity contribution in [3.05, 3.63) is 35.4 Å². The van der Waals surface area contributed by atoms with Crippen molar-refractivity contribution in [3.8, 4) is 11.8 Å². The summed E-state index contributed by atoms with van der Waals surface area (Å²) in [6, 6.07) is 6.09. The van der Waals surface area contributed by atoms with Crippen LogP contribution < -0.4 is 5.32 Å². The van der Waals surface area contributed by atoms with Gasteiger partial charge in [0.05, 0.1) is 0 Å². The molecule has 1 aromatic rings. The maximum absolute atomic E-state index is 12.0. The van der Waals surface area contributed by atoms with Crippen LogP contribution in [0.5, 0.6) is 0 Å². The van der Waals surface area contributed by atoms with Crippen LogP contribution in [0.3, 0.4) is 0 Å². The summed E-state index contributed by atoms with van der Waals surface area (Å²) in [6.45, 7) is 3.93. The zero-order chi connectivity index (χ0) is 15.8. The summed E-state index contributed by atoms with van der Waals surface area (Å²) >= 11 is 0. The molecule has 0 saturated heterocycles. The Morgan fingerprint density at radius 2 is 1.95 bits per heavy atom. The number of aliphatic hydroxyl groups excluding tert-OH is 1. The first-order chi connectivity index (χ1) is 9.99. The molecule has 0 radical (unpaired) electrons. The van der Waals surface area contributed by atoms with Gasteiger partial charge in [-0.15, -0.1) is 0 Å². The quantitative estimate of drug-likeness (QED) is 0.798. The number of likely N-dealkylation sites (N-methyl/N-ethyl adjacent to an activating group) is 1. The van der Waals surface area contributed by atoms with E-state index in [4.69, 9.17) is 5.11 Å². The molecule has 1 rings (SSSR count). The third kappa shape index (κ3) is 4.93. The maximum Gasteiger partial charge on any atom is 0.251 e. The maximum atomic E-state index is 12.0. The van der Waals surface area contributed by atoms with Gasteiger partial charge in [0.1, 0.15) is 12.6 Å². The van der Waals surface area contributed by atoms with Gasteiger partial charge in [-0.3, -0.25) is 9.59 Å². The summed E-state index contributed by atoms with van der Waals surface area (Å²) in [5.74, 6) is 4.85. The summed E-state index contributed by atoms with van der Waals surface area (Å²) in [4.78, 5) is 25.5. The first kappa shape index (κ1) is 16.7. The van der Waals surface area contributed by atoms with Gasteiger partial charge in [-0.1, -0.05) is 11.8 Å². The highest BCUT2D eigenvalue weighted by molar-refractivity contribution is 5.97. The highest BCUT2D eigenvalue weighted by Gasteiger charge is 2.18. The fraction of sp³-hybridized carbons (Fsp3) is 0.375. The number of hydrogen-bond acceptors (Lipinski definition) is 3. The Balaban J connectivity index is 2.69. The van der Waals surface area contributed by atoms with E-state index >= 15 is 0 Å². The van der Waals surface area contributed by atoms with Crippen LogP contribution in [0.15, 0.2) is 24.3 Å². The number of hydrogen-bond donors (Lipinski definition) is 2. The molecule has 0 aliphatic rings. The predicted molar refractivity (Wildman–Crippen MR) is 80.6 cm³/mol. The molecule has 2 amide bonds. The largest absolute Gasteiger partial charge is 0.384 e. The number of carbonyl (C=O) groups is 2. The second-order valence-corrected chi connectivity index (χ2v) is 4.58. The van der Waals surface area contributed by atoms with Gasteiger partial charge in [0.25, 0.3) is 5.91 Å². The molecule has 1 atom stereocenters. The molecule has 0 aliphatic heterocycles. The zero-order valence-corrected chi connectivity index (χ0v) is 12.5. The Hall–Kier alpha value is -2.32. The lowest BCUT2D eigenvalue weighted by Crippen LogP contribution is -2.45. The van der Waals surface area contributed by atoms with E-state index in [1.807, 2.05) is 6.92 Å². The van der Waals surface area contributed by atoms with Crippen molar-refractivity contribution >= 4 is 11.8 Å². The monoisotopic (exact) mass is 288 g/mol. The summed E-state index contributed by atoms with van der Waals surface area (Å²) < 4.78 is 0. The van der Waals surface area contributed by atoms with Gasteiger partial charge < -0.3 is 15.3 Å². The number of carbonyl (C=O) groups excluding carboxylic acids is 2. The van der Waals surface area contributed by atoms with Gasteiger partial charge in [0.2, 0.25) is 5.91 Å². The van der Waals surface area contributed by atoms with Gasteiger partial charge in [0.15, 0.2) is 0 Å². The molecule has 112 valence electrons. The molecule has 1 unspecified atom stereocenters. The Morgan fingerprint density at radius 1 is 1.33 bits per heavy atom. The topological polar surface area (TPSA) is 69.6 Å². The molecule has 0 saturated carbocycles. The van der Waals surface area contributed by atoms with E-state index in [0.29, 0.717) is 12.1 Å².